The molecule has 0 radical (unpaired) electrons. The summed E-state index contributed by atoms with van der Waals surface area (Å²) in [6.07, 6.45) is -5.31. The van der Waals surface area contributed by atoms with E-state index in [0.717, 1.165) is 12.1 Å². The summed E-state index contributed by atoms with van der Waals surface area (Å²) in [7, 11) is 0. The topological polar surface area (TPSA) is 87.2 Å². The van der Waals surface area contributed by atoms with Gasteiger partial charge in [0, 0.05) is 54.9 Å². The maximum Gasteiger partial charge on any atom is 0.420 e. The minimum absolute atomic E-state index is 0.153. The average molecular weight is 1110 g/mol. The van der Waals surface area contributed by atoms with E-state index in [-0.39, 0.29) is 33.7 Å². The van der Waals surface area contributed by atoms with Crippen molar-refractivity contribution < 1.29 is 35.1 Å². The summed E-state index contributed by atoms with van der Waals surface area (Å²) < 4.78 is 133. The van der Waals surface area contributed by atoms with Crippen molar-refractivity contribution in [1.29, 1.82) is 0 Å². The minimum Gasteiger partial charge on any atom is -0.309 e. The third-order valence-corrected chi connectivity index (χ3v) is 14.6. The molecule has 0 amide bonds. The fourth-order valence-electron chi connectivity index (χ4n) is 10.9. The number of alkyl halides is 3. The number of fused-ring (bicyclic) bond motifs is 6. The van der Waals surface area contributed by atoms with Gasteiger partial charge in [0.05, 0.1) is 39.0 Å². The van der Waals surface area contributed by atoms with Crippen LogP contribution in [-0.4, -0.2) is 39.0 Å². The maximum absolute atomic E-state index is 17.1. The van der Waals surface area contributed by atoms with Crippen LogP contribution in [-0.2, 0) is 6.18 Å². The van der Waals surface area contributed by atoms with Gasteiger partial charge in [-0.15, -0.1) is 0 Å². The fraction of sp³-hybridized carbons (Fsp3) is 0.0149. The second kappa shape index (κ2) is 19.8. The molecule has 0 atom stereocenters. The van der Waals surface area contributed by atoms with Crippen LogP contribution in [0.2, 0.25) is 0 Å². The fourth-order valence-corrected chi connectivity index (χ4v) is 10.9. The van der Waals surface area contributed by atoms with Gasteiger partial charge in [0.1, 0.15) is 5.56 Å². The molecule has 10 aromatic carbocycles. The van der Waals surface area contributed by atoms with E-state index in [9.17, 15) is 4.39 Å². The molecular weight excluding hydrogens is 1070 g/mol. The lowest BCUT2D eigenvalue weighted by Gasteiger charge is -2.23. The van der Waals surface area contributed by atoms with Gasteiger partial charge in [0.25, 0.3) is 0 Å². The Morgan fingerprint density at radius 1 is 0.265 bits per heavy atom. The van der Waals surface area contributed by atoms with Gasteiger partial charge in [-0.1, -0.05) is 182 Å². The van der Waals surface area contributed by atoms with Gasteiger partial charge < -0.3 is 9.13 Å². The molecule has 0 aliphatic rings. The lowest BCUT2D eigenvalue weighted by Crippen LogP contribution is -2.16. The zero-order valence-electron chi connectivity index (χ0n) is 42.9. The van der Waals surface area contributed by atoms with Gasteiger partial charge >= 0.3 is 6.18 Å². The highest BCUT2D eigenvalue weighted by Crippen LogP contribution is 2.48. The van der Waals surface area contributed by atoms with E-state index in [1.807, 2.05) is 121 Å². The molecule has 0 aliphatic carbocycles. The standard InChI is InChI=1S/C67H36F8N8/c68-56-54(57(69)59(71)60(72)58(56)70)43-35-52(82-48-27-15-13-25-44(48)46-31-29-41(33-50(46)82)65-78-61(37-17-5-1-6-18-37)76-62(79-65)38-19-7-2-8-20-38)55(67(73,74)75)53(36-43)83-49-28-16-14-26-45(49)47-32-30-42(34-51(47)83)66-80-63(39-21-9-3-10-22-39)77-64(81-66)40-23-11-4-12-24-40/h1-36H. The molecule has 0 fully saturated rings. The molecule has 4 aromatic heterocycles. The van der Waals surface area contributed by atoms with Gasteiger partial charge in [0.15, 0.2) is 58.2 Å². The number of para-hydroxylation sites is 2. The first kappa shape index (κ1) is 50.5. The normalized spacial score (nSPS) is 11.9. The van der Waals surface area contributed by atoms with Crippen LogP contribution in [0.25, 0.3) is 134 Å². The Balaban J connectivity index is 1.08. The molecule has 83 heavy (non-hydrogen) atoms. The molecule has 0 saturated heterocycles. The first-order valence-corrected chi connectivity index (χ1v) is 26.0. The maximum atomic E-state index is 17.1. The van der Waals surface area contributed by atoms with Crippen LogP contribution < -0.4 is 0 Å². The Morgan fingerprint density at radius 3 is 0.892 bits per heavy atom. The third kappa shape index (κ3) is 8.61. The summed E-state index contributed by atoms with van der Waals surface area (Å²) in [6.45, 7) is 0. The zero-order chi connectivity index (χ0) is 56.7. The molecule has 0 saturated carbocycles. The third-order valence-electron chi connectivity index (χ3n) is 14.6. The monoisotopic (exact) mass is 1100 g/mol. The second-order valence-electron chi connectivity index (χ2n) is 19.6. The number of hydrogen-bond acceptors (Lipinski definition) is 6. The van der Waals surface area contributed by atoms with Crippen molar-refractivity contribution in [3.63, 3.8) is 0 Å². The van der Waals surface area contributed by atoms with Crippen molar-refractivity contribution in [2.45, 2.75) is 6.18 Å². The van der Waals surface area contributed by atoms with Crippen molar-refractivity contribution >= 4 is 43.6 Å². The Kier molecular flexibility index (Phi) is 12.0. The van der Waals surface area contributed by atoms with E-state index in [0.29, 0.717) is 78.2 Å². The summed E-state index contributed by atoms with van der Waals surface area (Å²) in [5.74, 6) is -9.92. The quantitative estimate of drug-likeness (QED) is 0.0813. The number of hydrogen-bond donors (Lipinski definition) is 0. The number of aromatic nitrogens is 8. The molecule has 0 aliphatic heterocycles. The molecule has 16 heteroatoms. The Labute approximate surface area is 466 Å². The summed E-state index contributed by atoms with van der Waals surface area (Å²) >= 11 is 0. The first-order valence-electron chi connectivity index (χ1n) is 26.0. The lowest BCUT2D eigenvalue weighted by atomic mass is 9.97. The SMILES string of the molecule is Fc1c(F)c(F)c(-c2cc(-n3c4ccccc4c4ccc(-c5nc(-c6ccccc6)nc(-c6ccccc6)n5)cc43)c(C(F)(F)F)c(-n3c4ccccc4c4ccc(-c5nc(-c6ccccc6)nc(-c6ccccc6)n5)cc43)c2)c(F)c1F. The highest BCUT2D eigenvalue weighted by Gasteiger charge is 2.41. The predicted molar refractivity (Wildman–Crippen MR) is 305 cm³/mol. The van der Waals surface area contributed by atoms with E-state index in [2.05, 4.69) is 0 Å². The number of halogens is 8. The van der Waals surface area contributed by atoms with Crippen LogP contribution in [0.15, 0.2) is 218 Å². The molecule has 400 valence electrons. The zero-order valence-corrected chi connectivity index (χ0v) is 42.9. The van der Waals surface area contributed by atoms with Gasteiger partial charge in [-0.05, 0) is 42.0 Å². The largest absolute Gasteiger partial charge is 0.420 e. The Bertz CT molecular complexity index is 4490. The van der Waals surface area contributed by atoms with Crippen molar-refractivity contribution in [3.8, 4) is 90.8 Å². The highest BCUT2D eigenvalue weighted by atomic mass is 19.4. The first-order chi connectivity index (χ1) is 40.4. The number of rotatable bonds is 9. The predicted octanol–water partition coefficient (Wildman–Crippen LogP) is 17.6. The van der Waals surface area contributed by atoms with E-state index in [4.69, 9.17) is 29.9 Å². The molecule has 14 aromatic rings. The lowest BCUT2D eigenvalue weighted by molar-refractivity contribution is -0.137. The molecule has 0 unspecified atom stereocenters. The molecule has 4 heterocycles. The van der Waals surface area contributed by atoms with Crippen molar-refractivity contribution in [1.82, 2.24) is 39.0 Å². The van der Waals surface area contributed by atoms with Gasteiger partial charge in [-0.2, -0.15) is 13.2 Å². The van der Waals surface area contributed by atoms with Crippen LogP contribution in [0, 0.1) is 29.1 Å². The van der Waals surface area contributed by atoms with Gasteiger partial charge in [-0.25, -0.2) is 51.9 Å². The summed E-state index contributed by atoms with van der Waals surface area (Å²) in [6, 6.07) is 61.6. The van der Waals surface area contributed by atoms with Crippen molar-refractivity contribution in [3.05, 3.63) is 253 Å². The van der Waals surface area contributed by atoms with Crippen LogP contribution in [0.3, 0.4) is 0 Å². The van der Waals surface area contributed by atoms with Crippen LogP contribution in [0.4, 0.5) is 35.1 Å². The summed E-state index contributed by atoms with van der Waals surface area (Å²) in [5, 5.41) is 1.84. The van der Waals surface area contributed by atoms with E-state index >= 15 is 30.7 Å². The average Bonchev–Trinajstić information content (AvgIpc) is 2.57. The Morgan fingerprint density at radius 2 is 0.554 bits per heavy atom. The molecule has 8 nitrogen and oxygen atoms in total. The summed E-state index contributed by atoms with van der Waals surface area (Å²) in [4.78, 5) is 29.1. The molecular formula is C67H36F8N8. The van der Waals surface area contributed by atoms with Gasteiger partial charge in [-0.3, -0.25) is 0 Å². The molecule has 14 rings (SSSR count). The van der Waals surface area contributed by atoms with Crippen molar-refractivity contribution in [2.24, 2.45) is 0 Å². The van der Waals surface area contributed by atoms with Crippen molar-refractivity contribution in [2.75, 3.05) is 0 Å². The van der Waals surface area contributed by atoms with Crippen LogP contribution in [0.1, 0.15) is 5.56 Å². The highest BCUT2D eigenvalue weighted by molar-refractivity contribution is 6.12. The molecule has 0 N–H and O–H groups in total. The number of nitrogens with zero attached hydrogens (tertiary/aromatic N) is 8. The minimum atomic E-state index is -5.31. The van der Waals surface area contributed by atoms with E-state index < -0.39 is 63.3 Å². The number of benzene rings is 10. The van der Waals surface area contributed by atoms with E-state index in [1.165, 1.54) is 9.13 Å². The van der Waals surface area contributed by atoms with Crippen LogP contribution >= 0.6 is 0 Å². The molecule has 0 bridgehead atoms. The smallest absolute Gasteiger partial charge is 0.309 e. The van der Waals surface area contributed by atoms with E-state index in [1.54, 1.807) is 84.9 Å². The van der Waals surface area contributed by atoms with Crippen LogP contribution in [0.5, 0.6) is 0 Å². The second-order valence-corrected chi connectivity index (χ2v) is 19.6. The summed E-state index contributed by atoms with van der Waals surface area (Å²) in [5.41, 5.74) is -0.861. The van der Waals surface area contributed by atoms with Gasteiger partial charge in [0.2, 0.25) is 5.82 Å². The Hall–Kier alpha value is -10.7. The molecule has 0 spiro atoms.